The molecule has 0 aliphatic heterocycles. The molecule has 4 bridgehead atoms. The first-order chi connectivity index (χ1) is 13.3. The number of hydrogen-bond donors (Lipinski definition) is 2. The topological polar surface area (TPSA) is 41.1 Å². The number of amides is 1. The van der Waals surface area contributed by atoms with Crippen molar-refractivity contribution in [1.29, 1.82) is 0 Å². The normalized spacial score (nSPS) is 31.0. The fourth-order valence-electron chi connectivity index (χ4n) is 6.12. The van der Waals surface area contributed by atoms with E-state index in [9.17, 15) is 4.79 Å². The van der Waals surface area contributed by atoms with Crippen LogP contribution in [0.1, 0.15) is 32.1 Å². The maximum absolute atomic E-state index is 12.7. The molecule has 1 amide bonds. The molecule has 4 fully saturated rings. The van der Waals surface area contributed by atoms with Gasteiger partial charge in [-0.25, -0.2) is 0 Å². The van der Waals surface area contributed by atoms with Crippen molar-refractivity contribution >= 4 is 11.6 Å². The summed E-state index contributed by atoms with van der Waals surface area (Å²) >= 11 is 0. The largest absolute Gasteiger partial charge is 0.324 e. The average molecular weight is 361 g/mol. The molecule has 0 saturated heterocycles. The number of carbonyl (C=O) groups excluding carboxylic acids is 1. The number of benzene rings is 2. The highest BCUT2D eigenvalue weighted by Crippen LogP contribution is 2.53. The fraction of sp³-hybridized carbons (Fsp3) is 0.458. The Labute approximate surface area is 161 Å². The molecule has 0 heterocycles. The molecule has 0 radical (unpaired) electrons. The first kappa shape index (κ1) is 17.0. The number of rotatable bonds is 5. The van der Waals surface area contributed by atoms with Crippen LogP contribution < -0.4 is 10.6 Å². The van der Waals surface area contributed by atoms with Crippen molar-refractivity contribution in [2.75, 3.05) is 11.9 Å². The predicted octanol–water partition coefficient (Wildman–Crippen LogP) is 4.71. The summed E-state index contributed by atoms with van der Waals surface area (Å²) in [5.74, 6) is 3.60. The highest BCUT2D eigenvalue weighted by molar-refractivity contribution is 5.96. The molecule has 4 aliphatic rings. The second-order valence-corrected chi connectivity index (χ2v) is 8.80. The van der Waals surface area contributed by atoms with Crippen LogP contribution in [0.25, 0.3) is 11.1 Å². The first-order valence-electron chi connectivity index (χ1n) is 10.4. The van der Waals surface area contributed by atoms with E-state index in [1.165, 1.54) is 32.1 Å². The Morgan fingerprint density at radius 3 is 2.15 bits per heavy atom. The molecule has 140 valence electrons. The van der Waals surface area contributed by atoms with Crippen LogP contribution in [0.3, 0.4) is 0 Å². The Balaban J connectivity index is 1.23. The first-order valence-corrected chi connectivity index (χ1v) is 10.4. The number of anilines is 1. The lowest BCUT2D eigenvalue weighted by Gasteiger charge is -2.54. The van der Waals surface area contributed by atoms with Gasteiger partial charge < -0.3 is 10.6 Å². The summed E-state index contributed by atoms with van der Waals surface area (Å²) in [4.78, 5) is 12.7. The van der Waals surface area contributed by atoms with Gasteiger partial charge in [0.1, 0.15) is 0 Å². The van der Waals surface area contributed by atoms with E-state index in [1.54, 1.807) is 0 Å². The molecule has 2 aromatic carbocycles. The quantitative estimate of drug-likeness (QED) is 0.811. The van der Waals surface area contributed by atoms with Gasteiger partial charge in [-0.15, -0.1) is 0 Å². The van der Waals surface area contributed by atoms with Crippen LogP contribution in [0.5, 0.6) is 0 Å². The smallest absolute Gasteiger partial charge is 0.238 e. The minimum Gasteiger partial charge on any atom is -0.324 e. The van der Waals surface area contributed by atoms with Crippen LogP contribution in [0.15, 0.2) is 54.6 Å². The zero-order valence-corrected chi connectivity index (χ0v) is 15.7. The molecule has 6 rings (SSSR count). The van der Waals surface area contributed by atoms with Crippen LogP contribution in [-0.4, -0.2) is 18.5 Å². The Kier molecular flexibility index (Phi) is 4.48. The van der Waals surface area contributed by atoms with Crippen molar-refractivity contribution < 1.29 is 4.79 Å². The van der Waals surface area contributed by atoms with E-state index in [0.29, 0.717) is 12.6 Å². The van der Waals surface area contributed by atoms with Gasteiger partial charge in [0.15, 0.2) is 0 Å². The molecular weight excluding hydrogens is 332 g/mol. The summed E-state index contributed by atoms with van der Waals surface area (Å²) in [5.41, 5.74) is 3.09. The summed E-state index contributed by atoms with van der Waals surface area (Å²) in [6.45, 7) is 0.413. The monoisotopic (exact) mass is 360 g/mol. The second-order valence-electron chi connectivity index (χ2n) is 8.80. The van der Waals surface area contributed by atoms with Crippen LogP contribution in [0.2, 0.25) is 0 Å². The maximum atomic E-state index is 12.7. The molecule has 0 spiro atoms. The molecular formula is C24H28N2O. The van der Waals surface area contributed by atoms with E-state index >= 15 is 0 Å². The predicted molar refractivity (Wildman–Crippen MR) is 109 cm³/mol. The van der Waals surface area contributed by atoms with Gasteiger partial charge in [-0.2, -0.15) is 0 Å². The highest BCUT2D eigenvalue weighted by atomic mass is 16.1. The maximum Gasteiger partial charge on any atom is 0.238 e. The molecule has 3 nitrogen and oxygen atoms in total. The summed E-state index contributed by atoms with van der Waals surface area (Å²) in [6.07, 6.45) is 6.98. The second kappa shape index (κ2) is 7.12. The molecule has 2 aromatic rings. The summed E-state index contributed by atoms with van der Waals surface area (Å²) < 4.78 is 0. The van der Waals surface area contributed by atoms with Crippen molar-refractivity contribution in [3.05, 3.63) is 54.6 Å². The van der Waals surface area contributed by atoms with Crippen molar-refractivity contribution in [2.45, 2.75) is 38.1 Å². The van der Waals surface area contributed by atoms with E-state index in [2.05, 4.69) is 28.8 Å². The number of carbonyl (C=O) groups is 1. The highest BCUT2D eigenvalue weighted by Gasteiger charge is 2.47. The molecule has 3 heteroatoms. The molecule has 4 saturated carbocycles. The third kappa shape index (κ3) is 3.41. The molecule has 2 N–H and O–H groups in total. The number of hydrogen-bond acceptors (Lipinski definition) is 2. The van der Waals surface area contributed by atoms with Gasteiger partial charge >= 0.3 is 0 Å². The molecule has 0 unspecified atom stereocenters. The Bertz CT molecular complexity index is 788. The standard InChI is InChI=1S/C24H28N2O/c27-23(15-25-24-19-11-16-10-17(13-19)14-20(24)12-16)26-22-9-5-4-8-21(22)18-6-2-1-3-7-18/h1-9,16-17,19-20,24-25H,10-15H2,(H,26,27). The van der Waals surface area contributed by atoms with E-state index < -0.39 is 0 Å². The van der Waals surface area contributed by atoms with Crippen LogP contribution >= 0.6 is 0 Å². The number of nitrogens with one attached hydrogen (secondary N) is 2. The fourth-order valence-corrected chi connectivity index (χ4v) is 6.12. The molecule has 27 heavy (non-hydrogen) atoms. The van der Waals surface area contributed by atoms with E-state index in [4.69, 9.17) is 0 Å². The Morgan fingerprint density at radius 1 is 0.815 bits per heavy atom. The van der Waals surface area contributed by atoms with Gasteiger partial charge in [0.2, 0.25) is 5.91 Å². The van der Waals surface area contributed by atoms with Gasteiger partial charge in [-0.05, 0) is 67.4 Å². The lowest BCUT2D eigenvalue weighted by atomic mass is 9.54. The zero-order valence-electron chi connectivity index (χ0n) is 15.7. The van der Waals surface area contributed by atoms with Gasteiger partial charge in [0, 0.05) is 17.3 Å². The van der Waals surface area contributed by atoms with Crippen LogP contribution in [0.4, 0.5) is 5.69 Å². The van der Waals surface area contributed by atoms with Crippen molar-refractivity contribution in [3.63, 3.8) is 0 Å². The Morgan fingerprint density at radius 2 is 1.44 bits per heavy atom. The number of para-hydroxylation sites is 1. The van der Waals surface area contributed by atoms with Crippen molar-refractivity contribution in [3.8, 4) is 11.1 Å². The van der Waals surface area contributed by atoms with Gasteiger partial charge in [-0.3, -0.25) is 4.79 Å². The van der Waals surface area contributed by atoms with E-state index in [0.717, 1.165) is 40.5 Å². The summed E-state index contributed by atoms with van der Waals surface area (Å²) in [7, 11) is 0. The van der Waals surface area contributed by atoms with Gasteiger partial charge in [-0.1, -0.05) is 48.5 Å². The van der Waals surface area contributed by atoms with Gasteiger partial charge in [0.25, 0.3) is 0 Å². The summed E-state index contributed by atoms with van der Waals surface area (Å²) in [6, 6.07) is 18.8. The lowest BCUT2D eigenvalue weighted by molar-refractivity contribution is -0.116. The van der Waals surface area contributed by atoms with Gasteiger partial charge in [0.05, 0.1) is 6.54 Å². The minimum atomic E-state index is 0.0622. The van der Waals surface area contributed by atoms with Crippen LogP contribution in [-0.2, 0) is 4.79 Å². The Hall–Kier alpha value is -2.13. The van der Waals surface area contributed by atoms with Crippen molar-refractivity contribution in [1.82, 2.24) is 5.32 Å². The average Bonchev–Trinajstić information content (AvgIpc) is 2.68. The van der Waals surface area contributed by atoms with Crippen molar-refractivity contribution in [2.24, 2.45) is 23.7 Å². The third-order valence-corrected chi connectivity index (χ3v) is 7.01. The third-order valence-electron chi connectivity index (χ3n) is 7.01. The molecule has 4 aliphatic carbocycles. The van der Waals surface area contributed by atoms with E-state index in [1.807, 2.05) is 36.4 Å². The minimum absolute atomic E-state index is 0.0622. The molecule has 0 aromatic heterocycles. The lowest BCUT2D eigenvalue weighted by Crippen LogP contribution is -2.55. The SMILES string of the molecule is O=C(CNC1C2CC3CC(C2)CC1C3)Nc1ccccc1-c1ccccc1. The van der Waals surface area contributed by atoms with Crippen LogP contribution in [0, 0.1) is 23.7 Å². The zero-order chi connectivity index (χ0) is 18.2. The molecule has 0 atom stereocenters. The summed E-state index contributed by atoms with van der Waals surface area (Å²) in [5, 5.41) is 6.76. The van der Waals surface area contributed by atoms with E-state index in [-0.39, 0.29) is 5.91 Å².